The van der Waals surface area contributed by atoms with Crippen LogP contribution in [0.25, 0.3) is 22.3 Å². The van der Waals surface area contributed by atoms with Gasteiger partial charge in [0.05, 0.1) is 10.9 Å². The van der Waals surface area contributed by atoms with Crippen molar-refractivity contribution in [3.8, 4) is 11.4 Å². The molecule has 0 N–H and O–H groups in total. The molecule has 3 nitrogen and oxygen atoms in total. The summed E-state index contributed by atoms with van der Waals surface area (Å²) in [7, 11) is 0. The van der Waals surface area contributed by atoms with Gasteiger partial charge in [0, 0.05) is 16.1 Å². The Labute approximate surface area is 130 Å². The van der Waals surface area contributed by atoms with Crippen LogP contribution in [0.3, 0.4) is 0 Å². The standard InChI is InChI=1S/C17H13BrN2O/c1-10-8-11-4-2-3-5-13(11)16-19-15-9-12(18)6-7-14(15)17(21)20(10)16/h2-7,9-10H,8H2,1H3. The molecule has 2 aromatic carbocycles. The van der Waals surface area contributed by atoms with E-state index in [1.165, 1.54) is 5.56 Å². The predicted octanol–water partition coefficient (Wildman–Crippen LogP) is 3.94. The van der Waals surface area contributed by atoms with Crippen molar-refractivity contribution in [3.05, 3.63) is 62.9 Å². The van der Waals surface area contributed by atoms with E-state index in [1.807, 2.05) is 41.0 Å². The van der Waals surface area contributed by atoms with Gasteiger partial charge in [0.2, 0.25) is 0 Å². The second-order valence-corrected chi connectivity index (χ2v) is 6.40. The summed E-state index contributed by atoms with van der Waals surface area (Å²) in [5.41, 5.74) is 3.11. The smallest absolute Gasteiger partial charge is 0.261 e. The van der Waals surface area contributed by atoms with Gasteiger partial charge in [-0.05, 0) is 37.1 Å². The van der Waals surface area contributed by atoms with E-state index in [1.54, 1.807) is 0 Å². The maximum absolute atomic E-state index is 12.8. The molecule has 3 aromatic rings. The molecule has 0 saturated carbocycles. The van der Waals surface area contributed by atoms with E-state index in [4.69, 9.17) is 4.98 Å². The summed E-state index contributed by atoms with van der Waals surface area (Å²) in [5, 5.41) is 0.674. The third-order valence-corrected chi connectivity index (χ3v) is 4.57. The lowest BCUT2D eigenvalue weighted by Gasteiger charge is -2.26. The fourth-order valence-corrected chi connectivity index (χ4v) is 3.45. The fraction of sp³-hybridized carbons (Fsp3) is 0.176. The topological polar surface area (TPSA) is 34.9 Å². The Bertz CT molecular complexity index is 930. The van der Waals surface area contributed by atoms with Crippen LogP contribution in [0, 0.1) is 0 Å². The minimum Gasteiger partial charge on any atom is -0.289 e. The zero-order chi connectivity index (χ0) is 14.6. The van der Waals surface area contributed by atoms with Crippen LogP contribution < -0.4 is 5.56 Å². The summed E-state index contributed by atoms with van der Waals surface area (Å²) in [6.45, 7) is 2.08. The van der Waals surface area contributed by atoms with Crippen LogP contribution in [0.5, 0.6) is 0 Å². The highest BCUT2D eigenvalue weighted by Crippen LogP contribution is 2.32. The number of hydrogen-bond donors (Lipinski definition) is 0. The van der Waals surface area contributed by atoms with Gasteiger partial charge in [-0.15, -0.1) is 0 Å². The highest BCUT2D eigenvalue weighted by molar-refractivity contribution is 9.10. The molecular formula is C17H13BrN2O. The van der Waals surface area contributed by atoms with Crippen molar-refractivity contribution in [2.45, 2.75) is 19.4 Å². The summed E-state index contributed by atoms with van der Waals surface area (Å²) < 4.78 is 2.77. The molecule has 0 radical (unpaired) electrons. The number of nitrogens with zero attached hydrogens (tertiary/aromatic N) is 2. The van der Waals surface area contributed by atoms with Gasteiger partial charge in [0.15, 0.2) is 0 Å². The second kappa shape index (κ2) is 4.53. The predicted molar refractivity (Wildman–Crippen MR) is 87.6 cm³/mol. The molecule has 0 aliphatic carbocycles. The Morgan fingerprint density at radius 3 is 2.90 bits per heavy atom. The second-order valence-electron chi connectivity index (χ2n) is 5.48. The van der Waals surface area contributed by atoms with Crippen LogP contribution in [-0.4, -0.2) is 9.55 Å². The van der Waals surface area contributed by atoms with E-state index in [2.05, 4.69) is 28.9 Å². The van der Waals surface area contributed by atoms with Gasteiger partial charge < -0.3 is 0 Å². The van der Waals surface area contributed by atoms with Crippen molar-refractivity contribution >= 4 is 26.8 Å². The van der Waals surface area contributed by atoms with E-state index in [0.717, 1.165) is 27.8 Å². The monoisotopic (exact) mass is 340 g/mol. The van der Waals surface area contributed by atoms with Crippen LogP contribution in [0.2, 0.25) is 0 Å². The zero-order valence-corrected chi connectivity index (χ0v) is 13.1. The molecular weight excluding hydrogens is 328 g/mol. The first kappa shape index (κ1) is 12.8. The summed E-state index contributed by atoms with van der Waals surface area (Å²) >= 11 is 3.45. The molecule has 21 heavy (non-hydrogen) atoms. The first-order chi connectivity index (χ1) is 10.1. The average Bonchev–Trinajstić information content (AvgIpc) is 2.46. The largest absolute Gasteiger partial charge is 0.289 e. The Hall–Kier alpha value is -1.94. The lowest BCUT2D eigenvalue weighted by Crippen LogP contribution is -2.30. The van der Waals surface area contributed by atoms with Crippen LogP contribution in [0.15, 0.2) is 51.7 Å². The molecule has 4 heteroatoms. The lowest BCUT2D eigenvalue weighted by atomic mass is 9.95. The normalized spacial score (nSPS) is 16.6. The summed E-state index contributed by atoms with van der Waals surface area (Å²) in [6, 6.07) is 14.0. The number of fused-ring (bicyclic) bond motifs is 4. The molecule has 1 aliphatic heterocycles. The molecule has 1 aliphatic rings. The quantitative estimate of drug-likeness (QED) is 0.621. The van der Waals surface area contributed by atoms with Crippen molar-refractivity contribution in [1.82, 2.24) is 9.55 Å². The minimum absolute atomic E-state index is 0.0458. The molecule has 2 heterocycles. The van der Waals surface area contributed by atoms with Crippen molar-refractivity contribution in [2.24, 2.45) is 0 Å². The summed E-state index contributed by atoms with van der Waals surface area (Å²) in [5.74, 6) is 0.778. The SMILES string of the molecule is CC1Cc2ccccc2-c2nc3cc(Br)ccc3c(=O)n21. The third kappa shape index (κ3) is 1.86. The first-order valence-electron chi connectivity index (χ1n) is 6.95. The average molecular weight is 341 g/mol. The van der Waals surface area contributed by atoms with Crippen molar-refractivity contribution in [3.63, 3.8) is 0 Å². The van der Waals surface area contributed by atoms with Crippen LogP contribution in [0.1, 0.15) is 18.5 Å². The van der Waals surface area contributed by atoms with Crippen LogP contribution in [-0.2, 0) is 6.42 Å². The Balaban J connectivity index is 2.16. The molecule has 0 saturated heterocycles. The third-order valence-electron chi connectivity index (χ3n) is 4.08. The number of aromatic nitrogens is 2. The summed E-state index contributed by atoms with van der Waals surface area (Å²) in [4.78, 5) is 17.6. The van der Waals surface area contributed by atoms with Gasteiger partial charge in [-0.25, -0.2) is 4.98 Å². The molecule has 104 valence electrons. The van der Waals surface area contributed by atoms with Gasteiger partial charge in [-0.2, -0.15) is 0 Å². The van der Waals surface area contributed by atoms with Gasteiger partial charge in [0.1, 0.15) is 5.82 Å². The van der Waals surface area contributed by atoms with Gasteiger partial charge >= 0.3 is 0 Å². The van der Waals surface area contributed by atoms with E-state index in [9.17, 15) is 4.79 Å². The molecule has 1 aromatic heterocycles. The zero-order valence-electron chi connectivity index (χ0n) is 11.5. The number of rotatable bonds is 0. The van der Waals surface area contributed by atoms with Crippen LogP contribution >= 0.6 is 15.9 Å². The van der Waals surface area contributed by atoms with Gasteiger partial charge in [-0.3, -0.25) is 9.36 Å². The fourth-order valence-electron chi connectivity index (χ4n) is 3.10. The summed E-state index contributed by atoms with van der Waals surface area (Å²) in [6.07, 6.45) is 0.868. The van der Waals surface area contributed by atoms with Gasteiger partial charge in [-0.1, -0.05) is 40.2 Å². The van der Waals surface area contributed by atoms with E-state index in [0.29, 0.717) is 5.39 Å². The van der Waals surface area contributed by atoms with Crippen molar-refractivity contribution in [2.75, 3.05) is 0 Å². The Morgan fingerprint density at radius 1 is 1.24 bits per heavy atom. The molecule has 0 fully saturated rings. The molecule has 1 unspecified atom stereocenters. The number of hydrogen-bond acceptors (Lipinski definition) is 2. The Morgan fingerprint density at radius 2 is 2.05 bits per heavy atom. The number of halogens is 1. The molecule has 4 rings (SSSR count). The first-order valence-corrected chi connectivity index (χ1v) is 7.74. The lowest BCUT2D eigenvalue weighted by molar-refractivity contribution is 0.516. The maximum Gasteiger partial charge on any atom is 0.261 e. The molecule has 1 atom stereocenters. The van der Waals surface area contributed by atoms with Crippen molar-refractivity contribution < 1.29 is 0 Å². The van der Waals surface area contributed by atoms with E-state index in [-0.39, 0.29) is 11.6 Å². The molecule has 0 spiro atoms. The van der Waals surface area contributed by atoms with Gasteiger partial charge in [0.25, 0.3) is 5.56 Å². The van der Waals surface area contributed by atoms with Crippen LogP contribution in [0.4, 0.5) is 0 Å². The molecule has 0 amide bonds. The highest BCUT2D eigenvalue weighted by atomic mass is 79.9. The van der Waals surface area contributed by atoms with Crippen molar-refractivity contribution in [1.29, 1.82) is 0 Å². The van der Waals surface area contributed by atoms with E-state index < -0.39 is 0 Å². The maximum atomic E-state index is 12.8. The highest BCUT2D eigenvalue weighted by Gasteiger charge is 2.24. The minimum atomic E-state index is 0.0458. The number of benzene rings is 2. The Kier molecular flexibility index (Phi) is 2.76. The van der Waals surface area contributed by atoms with E-state index >= 15 is 0 Å². The molecule has 0 bridgehead atoms.